The zero-order valence-corrected chi connectivity index (χ0v) is 11.0. The van der Waals surface area contributed by atoms with E-state index in [9.17, 15) is 13.2 Å². The number of amides is 1. The first-order chi connectivity index (χ1) is 7.93. The van der Waals surface area contributed by atoms with Crippen molar-refractivity contribution < 1.29 is 13.2 Å². The first kappa shape index (κ1) is 12.8. The molecule has 1 heterocycles. The van der Waals surface area contributed by atoms with Gasteiger partial charge in [-0.3, -0.25) is 4.79 Å². The van der Waals surface area contributed by atoms with Crippen LogP contribution in [-0.4, -0.2) is 55.7 Å². The molecule has 0 aromatic heterocycles. The first-order valence-corrected chi connectivity index (χ1v) is 7.32. The number of carbonyl (C=O) groups excluding carboxylic acids is 1. The Morgan fingerprint density at radius 2 is 1.94 bits per heavy atom. The van der Waals surface area contributed by atoms with E-state index in [2.05, 4.69) is 5.32 Å². The molecule has 1 aliphatic heterocycles. The van der Waals surface area contributed by atoms with Crippen molar-refractivity contribution in [3.8, 4) is 0 Å². The zero-order chi connectivity index (χ0) is 12.6. The van der Waals surface area contributed by atoms with E-state index in [-0.39, 0.29) is 11.9 Å². The van der Waals surface area contributed by atoms with Gasteiger partial charge in [0, 0.05) is 26.7 Å². The predicted molar refractivity (Wildman–Crippen MR) is 63.5 cm³/mol. The molecule has 0 bridgehead atoms. The van der Waals surface area contributed by atoms with Crippen LogP contribution in [0.3, 0.4) is 0 Å². The van der Waals surface area contributed by atoms with Crippen molar-refractivity contribution in [2.24, 2.45) is 0 Å². The minimum atomic E-state index is -3.48. The average molecular weight is 261 g/mol. The maximum atomic E-state index is 12.0. The second-order valence-corrected chi connectivity index (χ2v) is 6.94. The quantitative estimate of drug-likeness (QED) is 0.744. The summed E-state index contributed by atoms with van der Waals surface area (Å²) in [6, 6.07) is -0.255. The molecular weight excluding hydrogens is 242 g/mol. The Bertz CT molecular complexity index is 403. The van der Waals surface area contributed by atoms with Crippen molar-refractivity contribution in [2.75, 3.05) is 20.6 Å². The molecular formula is C10H19N3O3S. The third-order valence-electron chi connectivity index (χ3n) is 3.19. The highest BCUT2D eigenvalue weighted by atomic mass is 32.2. The third kappa shape index (κ3) is 2.61. The van der Waals surface area contributed by atoms with E-state index < -0.39 is 16.3 Å². The van der Waals surface area contributed by atoms with Crippen LogP contribution in [0.25, 0.3) is 0 Å². The highest BCUT2D eigenvalue weighted by Crippen LogP contribution is 2.24. The molecule has 2 fully saturated rings. The van der Waals surface area contributed by atoms with Crippen LogP contribution in [-0.2, 0) is 15.0 Å². The van der Waals surface area contributed by atoms with Crippen LogP contribution in [0.2, 0.25) is 0 Å². The Morgan fingerprint density at radius 3 is 2.47 bits per heavy atom. The van der Waals surface area contributed by atoms with Gasteiger partial charge in [0.1, 0.15) is 6.04 Å². The molecule has 0 aromatic carbocycles. The van der Waals surface area contributed by atoms with Gasteiger partial charge in [0.2, 0.25) is 5.91 Å². The number of hydrogen-bond donors (Lipinski definition) is 1. The molecule has 0 radical (unpaired) electrons. The molecule has 0 unspecified atom stereocenters. The Labute approximate surface area is 102 Å². The summed E-state index contributed by atoms with van der Waals surface area (Å²) in [5, 5.41) is 2.87. The van der Waals surface area contributed by atoms with E-state index in [0.29, 0.717) is 13.0 Å². The fourth-order valence-electron chi connectivity index (χ4n) is 2.01. The highest BCUT2D eigenvalue weighted by Gasteiger charge is 2.40. The summed E-state index contributed by atoms with van der Waals surface area (Å²) in [5.41, 5.74) is 0. The van der Waals surface area contributed by atoms with Gasteiger partial charge in [-0.1, -0.05) is 0 Å². The zero-order valence-electron chi connectivity index (χ0n) is 10.2. The highest BCUT2D eigenvalue weighted by molar-refractivity contribution is 7.86. The number of nitrogens with one attached hydrogen (secondary N) is 1. The fraction of sp³-hybridized carbons (Fsp3) is 0.900. The summed E-state index contributed by atoms with van der Waals surface area (Å²) >= 11 is 0. The molecule has 1 aliphatic carbocycles. The molecule has 17 heavy (non-hydrogen) atoms. The summed E-state index contributed by atoms with van der Waals surface area (Å²) in [6.07, 6.45) is 3.39. The van der Waals surface area contributed by atoms with E-state index in [1.807, 2.05) is 0 Å². The SMILES string of the molecule is CN(C)S(=O)(=O)N1CCC[C@H]1C(=O)NC1CC1. The maximum Gasteiger partial charge on any atom is 0.282 e. The van der Waals surface area contributed by atoms with E-state index in [0.717, 1.165) is 23.6 Å². The standard InChI is InChI=1S/C10H19N3O3S/c1-12(2)17(15,16)13-7-3-4-9(13)10(14)11-8-5-6-8/h8-9H,3-7H2,1-2H3,(H,11,14)/t9-/m0/s1. The van der Waals surface area contributed by atoms with Crippen molar-refractivity contribution >= 4 is 16.1 Å². The summed E-state index contributed by atoms with van der Waals surface area (Å²) in [7, 11) is -0.501. The van der Waals surface area contributed by atoms with E-state index in [1.165, 1.54) is 18.4 Å². The molecule has 1 N–H and O–H groups in total. The maximum absolute atomic E-state index is 12.0. The number of nitrogens with zero attached hydrogens (tertiary/aromatic N) is 2. The molecule has 2 aliphatic rings. The lowest BCUT2D eigenvalue weighted by atomic mass is 10.2. The van der Waals surface area contributed by atoms with Crippen molar-refractivity contribution in [3.05, 3.63) is 0 Å². The smallest absolute Gasteiger partial charge is 0.282 e. The summed E-state index contributed by atoms with van der Waals surface area (Å²) < 4.78 is 26.5. The van der Waals surface area contributed by atoms with Gasteiger partial charge in [0.25, 0.3) is 10.2 Å². The summed E-state index contributed by atoms with van der Waals surface area (Å²) in [6.45, 7) is 0.434. The largest absolute Gasteiger partial charge is 0.352 e. The Hall–Kier alpha value is -0.660. The minimum absolute atomic E-state index is 0.143. The fourth-order valence-corrected chi connectivity index (χ4v) is 3.32. The van der Waals surface area contributed by atoms with Crippen molar-refractivity contribution in [3.63, 3.8) is 0 Å². The topological polar surface area (TPSA) is 69.7 Å². The van der Waals surface area contributed by atoms with E-state index >= 15 is 0 Å². The molecule has 1 amide bonds. The third-order valence-corrected chi connectivity index (χ3v) is 5.14. The molecule has 2 rings (SSSR count). The second kappa shape index (κ2) is 4.55. The van der Waals surface area contributed by atoms with Gasteiger partial charge in [-0.2, -0.15) is 17.0 Å². The number of hydrogen-bond acceptors (Lipinski definition) is 3. The van der Waals surface area contributed by atoms with Crippen LogP contribution in [0.15, 0.2) is 0 Å². The van der Waals surface area contributed by atoms with Gasteiger partial charge in [-0.25, -0.2) is 0 Å². The van der Waals surface area contributed by atoms with Crippen LogP contribution in [0.4, 0.5) is 0 Å². The number of carbonyl (C=O) groups is 1. The first-order valence-electron chi connectivity index (χ1n) is 5.92. The molecule has 7 heteroatoms. The van der Waals surface area contributed by atoms with Crippen LogP contribution < -0.4 is 5.32 Å². The Balaban J connectivity index is 2.08. The normalized spacial score (nSPS) is 26.4. The van der Waals surface area contributed by atoms with Crippen LogP contribution in [0, 0.1) is 0 Å². The predicted octanol–water partition coefficient (Wildman–Crippen LogP) is -0.464. The molecule has 1 atom stereocenters. The van der Waals surface area contributed by atoms with Crippen molar-refractivity contribution in [2.45, 2.75) is 37.8 Å². The molecule has 98 valence electrons. The van der Waals surface area contributed by atoms with Gasteiger partial charge < -0.3 is 5.32 Å². The number of rotatable bonds is 4. The van der Waals surface area contributed by atoms with Gasteiger partial charge >= 0.3 is 0 Å². The van der Waals surface area contributed by atoms with E-state index in [1.54, 1.807) is 0 Å². The van der Waals surface area contributed by atoms with Gasteiger partial charge in [0.05, 0.1) is 0 Å². The lowest BCUT2D eigenvalue weighted by Gasteiger charge is -2.26. The van der Waals surface area contributed by atoms with E-state index in [4.69, 9.17) is 0 Å². The average Bonchev–Trinajstić information content (AvgIpc) is 2.92. The van der Waals surface area contributed by atoms with Gasteiger partial charge in [-0.05, 0) is 25.7 Å². The van der Waals surface area contributed by atoms with Crippen LogP contribution in [0.5, 0.6) is 0 Å². The Kier molecular flexibility index (Phi) is 3.42. The summed E-state index contributed by atoms with van der Waals surface area (Å²) in [4.78, 5) is 11.9. The molecule has 1 saturated carbocycles. The Morgan fingerprint density at radius 1 is 1.29 bits per heavy atom. The monoisotopic (exact) mass is 261 g/mol. The minimum Gasteiger partial charge on any atom is -0.352 e. The van der Waals surface area contributed by atoms with Crippen molar-refractivity contribution in [1.82, 2.24) is 13.9 Å². The van der Waals surface area contributed by atoms with Gasteiger partial charge in [0.15, 0.2) is 0 Å². The molecule has 0 aromatic rings. The lowest BCUT2D eigenvalue weighted by Crippen LogP contribution is -2.49. The van der Waals surface area contributed by atoms with Crippen LogP contribution >= 0.6 is 0 Å². The summed E-state index contributed by atoms with van der Waals surface area (Å²) in [5.74, 6) is -0.143. The van der Waals surface area contributed by atoms with Crippen LogP contribution in [0.1, 0.15) is 25.7 Å². The lowest BCUT2D eigenvalue weighted by molar-refractivity contribution is -0.124. The van der Waals surface area contributed by atoms with Gasteiger partial charge in [-0.15, -0.1) is 0 Å². The van der Waals surface area contributed by atoms with Crippen molar-refractivity contribution in [1.29, 1.82) is 0 Å². The molecule has 6 nitrogen and oxygen atoms in total. The second-order valence-electron chi connectivity index (χ2n) is 4.84. The molecule has 1 saturated heterocycles. The molecule has 0 spiro atoms.